The first-order chi connectivity index (χ1) is 15.9. The molecule has 0 spiro atoms. The van der Waals surface area contributed by atoms with Crippen LogP contribution in [0.1, 0.15) is 29.5 Å². The van der Waals surface area contributed by atoms with Crippen LogP contribution >= 0.6 is 0 Å². The molecule has 9 heteroatoms. The van der Waals surface area contributed by atoms with Crippen molar-refractivity contribution in [1.82, 2.24) is 10.4 Å². The Balaban J connectivity index is 1.36. The number of anilines is 1. The number of amides is 1. The number of sulfonamides is 1. The molecule has 0 atom stereocenters. The molecule has 1 fully saturated rings. The van der Waals surface area contributed by atoms with Gasteiger partial charge in [0.25, 0.3) is 0 Å². The van der Waals surface area contributed by atoms with Gasteiger partial charge in [-0.15, -0.1) is 0 Å². The number of unbranched alkanes of at least 4 members (excludes halogenated alkanes) is 1. The highest BCUT2D eigenvalue weighted by Crippen LogP contribution is 2.15. The van der Waals surface area contributed by atoms with Crippen molar-refractivity contribution in [3.8, 4) is 0 Å². The van der Waals surface area contributed by atoms with Crippen molar-refractivity contribution in [2.24, 2.45) is 0 Å². The second-order valence-electron chi connectivity index (χ2n) is 8.31. The number of hydrogen-bond acceptors (Lipinski definition) is 6. The van der Waals surface area contributed by atoms with Crippen LogP contribution in [0.3, 0.4) is 0 Å². The summed E-state index contributed by atoms with van der Waals surface area (Å²) in [5.41, 5.74) is 5.49. The number of benzene rings is 2. The van der Waals surface area contributed by atoms with E-state index in [9.17, 15) is 13.2 Å². The molecule has 0 unspecified atom stereocenters. The van der Waals surface area contributed by atoms with E-state index in [-0.39, 0.29) is 12.2 Å². The molecule has 8 nitrogen and oxygen atoms in total. The van der Waals surface area contributed by atoms with Crippen molar-refractivity contribution < 1.29 is 23.2 Å². The van der Waals surface area contributed by atoms with Crippen LogP contribution in [0, 0.1) is 0 Å². The summed E-state index contributed by atoms with van der Waals surface area (Å²) in [7, 11) is -3.38. The predicted octanol–water partition coefficient (Wildman–Crippen LogP) is 2.37. The number of aryl methyl sites for hydroxylation is 2. The molecule has 3 N–H and O–H groups in total. The Morgan fingerprint density at radius 2 is 1.45 bits per heavy atom. The summed E-state index contributed by atoms with van der Waals surface area (Å²) in [6, 6.07) is 15.4. The quantitative estimate of drug-likeness (QED) is 0.247. The van der Waals surface area contributed by atoms with E-state index in [0.717, 1.165) is 44.3 Å². The summed E-state index contributed by atoms with van der Waals surface area (Å²) in [4.78, 5) is 13.3. The molecule has 0 aromatic heterocycles. The van der Waals surface area contributed by atoms with E-state index in [1.165, 1.54) is 11.1 Å². The SMILES string of the molecule is O=C(Cc1ccc(CCCCc2ccc(NS(=O)(=O)CCN3CCOCC3)cc2)cc1)NO. The highest BCUT2D eigenvalue weighted by molar-refractivity contribution is 7.92. The third-order valence-electron chi connectivity index (χ3n) is 5.70. The van der Waals surface area contributed by atoms with Crippen LogP contribution in [0.25, 0.3) is 0 Å². The number of rotatable bonds is 12. The number of ether oxygens (including phenoxy) is 1. The first-order valence-electron chi connectivity index (χ1n) is 11.3. The average Bonchev–Trinajstić information content (AvgIpc) is 2.83. The summed E-state index contributed by atoms with van der Waals surface area (Å²) in [6.07, 6.45) is 4.11. The minimum Gasteiger partial charge on any atom is -0.379 e. The lowest BCUT2D eigenvalue weighted by atomic mass is 10.0. The first kappa shape index (κ1) is 25.2. The van der Waals surface area contributed by atoms with Gasteiger partial charge in [0, 0.05) is 25.3 Å². The fourth-order valence-corrected chi connectivity index (χ4v) is 4.85. The molecule has 1 aliphatic rings. The molecule has 1 saturated heterocycles. The third-order valence-corrected chi connectivity index (χ3v) is 6.97. The maximum absolute atomic E-state index is 12.4. The molecule has 1 amide bonds. The molecule has 180 valence electrons. The highest BCUT2D eigenvalue weighted by atomic mass is 32.2. The fourth-order valence-electron chi connectivity index (χ4n) is 3.75. The van der Waals surface area contributed by atoms with Crippen LogP contribution in [0.2, 0.25) is 0 Å². The number of hydrogen-bond donors (Lipinski definition) is 3. The number of carbonyl (C=O) groups excluding carboxylic acids is 1. The van der Waals surface area contributed by atoms with E-state index in [1.54, 1.807) is 5.48 Å². The van der Waals surface area contributed by atoms with Crippen molar-refractivity contribution in [1.29, 1.82) is 0 Å². The minimum absolute atomic E-state index is 0.0738. The lowest BCUT2D eigenvalue weighted by Crippen LogP contribution is -2.39. The van der Waals surface area contributed by atoms with E-state index in [0.29, 0.717) is 25.4 Å². The molecule has 2 aromatic carbocycles. The standard InChI is InChI=1S/C24H33N3O5S/c28-24(25-29)19-22-7-5-20(6-8-22)3-1-2-4-21-9-11-23(12-10-21)26-33(30,31)18-15-27-13-16-32-17-14-27/h5-12,26,29H,1-4,13-19H2,(H,25,28). The van der Waals surface area contributed by atoms with Gasteiger partial charge in [-0.3, -0.25) is 19.6 Å². The van der Waals surface area contributed by atoms with Crippen molar-refractivity contribution in [3.63, 3.8) is 0 Å². The van der Waals surface area contributed by atoms with Crippen LogP contribution in [0.15, 0.2) is 48.5 Å². The van der Waals surface area contributed by atoms with Crippen LogP contribution in [-0.2, 0) is 38.8 Å². The molecule has 1 heterocycles. The molecule has 2 aromatic rings. The van der Waals surface area contributed by atoms with E-state index in [4.69, 9.17) is 9.94 Å². The predicted molar refractivity (Wildman–Crippen MR) is 128 cm³/mol. The van der Waals surface area contributed by atoms with Gasteiger partial charge in [0.1, 0.15) is 0 Å². The van der Waals surface area contributed by atoms with Gasteiger partial charge in [-0.25, -0.2) is 13.9 Å². The van der Waals surface area contributed by atoms with Gasteiger partial charge < -0.3 is 4.74 Å². The minimum atomic E-state index is -3.38. The van der Waals surface area contributed by atoms with Crippen LogP contribution in [0.4, 0.5) is 5.69 Å². The van der Waals surface area contributed by atoms with Crippen LogP contribution in [-0.4, -0.2) is 63.0 Å². The normalized spacial score (nSPS) is 14.7. The third kappa shape index (κ3) is 9.13. The molecule has 0 saturated carbocycles. The molecule has 3 rings (SSSR count). The van der Waals surface area contributed by atoms with Gasteiger partial charge in [-0.1, -0.05) is 36.4 Å². The molecular formula is C24H33N3O5S. The topological polar surface area (TPSA) is 108 Å². The molecule has 0 radical (unpaired) electrons. The zero-order chi connectivity index (χ0) is 23.5. The maximum atomic E-state index is 12.4. The lowest BCUT2D eigenvalue weighted by Gasteiger charge is -2.26. The summed E-state index contributed by atoms with van der Waals surface area (Å²) in [5.74, 6) is -0.348. The maximum Gasteiger partial charge on any atom is 0.247 e. The lowest BCUT2D eigenvalue weighted by molar-refractivity contribution is -0.128. The summed E-state index contributed by atoms with van der Waals surface area (Å²) in [5, 5.41) is 8.58. The average molecular weight is 476 g/mol. The first-order valence-corrected chi connectivity index (χ1v) is 13.0. The Bertz CT molecular complexity index is 972. The Morgan fingerprint density at radius 3 is 2.03 bits per heavy atom. The highest BCUT2D eigenvalue weighted by Gasteiger charge is 2.16. The van der Waals surface area contributed by atoms with Gasteiger partial charge in [0.05, 0.1) is 25.4 Å². The number of morpholine rings is 1. The summed E-state index contributed by atoms with van der Waals surface area (Å²) < 4.78 is 32.7. The molecule has 1 aliphatic heterocycles. The van der Waals surface area contributed by atoms with Crippen LogP contribution < -0.4 is 10.2 Å². The van der Waals surface area contributed by atoms with Gasteiger partial charge in [0.2, 0.25) is 15.9 Å². The van der Waals surface area contributed by atoms with E-state index < -0.39 is 15.9 Å². The molecule has 0 bridgehead atoms. The van der Waals surface area contributed by atoms with Crippen LogP contribution in [0.5, 0.6) is 0 Å². The molecule has 33 heavy (non-hydrogen) atoms. The molecular weight excluding hydrogens is 442 g/mol. The van der Waals surface area contributed by atoms with Crippen molar-refractivity contribution in [3.05, 3.63) is 65.2 Å². The summed E-state index contributed by atoms with van der Waals surface area (Å²) >= 11 is 0. The van der Waals surface area contributed by atoms with E-state index in [1.807, 2.05) is 48.5 Å². The second-order valence-corrected chi connectivity index (χ2v) is 10.1. The Morgan fingerprint density at radius 1 is 0.909 bits per heavy atom. The smallest absolute Gasteiger partial charge is 0.247 e. The zero-order valence-electron chi connectivity index (χ0n) is 18.8. The van der Waals surface area contributed by atoms with Gasteiger partial charge >= 0.3 is 0 Å². The number of nitrogens with zero attached hydrogens (tertiary/aromatic N) is 1. The Hall–Kier alpha value is -2.46. The second kappa shape index (κ2) is 12.7. The molecule has 0 aliphatic carbocycles. The van der Waals surface area contributed by atoms with Crippen molar-refractivity contribution in [2.75, 3.05) is 43.3 Å². The van der Waals surface area contributed by atoms with Gasteiger partial charge in [-0.05, 0) is 54.5 Å². The van der Waals surface area contributed by atoms with Crippen molar-refractivity contribution in [2.45, 2.75) is 32.1 Å². The number of nitrogens with one attached hydrogen (secondary N) is 2. The number of hydroxylamine groups is 1. The fraction of sp³-hybridized carbons (Fsp3) is 0.458. The number of carbonyl (C=O) groups is 1. The van der Waals surface area contributed by atoms with Gasteiger partial charge in [0.15, 0.2) is 0 Å². The largest absolute Gasteiger partial charge is 0.379 e. The van der Waals surface area contributed by atoms with Crippen molar-refractivity contribution >= 4 is 21.6 Å². The monoisotopic (exact) mass is 475 g/mol. The zero-order valence-corrected chi connectivity index (χ0v) is 19.6. The van der Waals surface area contributed by atoms with E-state index in [2.05, 4.69) is 9.62 Å². The Labute approximate surface area is 196 Å². The van der Waals surface area contributed by atoms with Gasteiger partial charge in [-0.2, -0.15) is 0 Å². The van der Waals surface area contributed by atoms with E-state index >= 15 is 0 Å². The summed E-state index contributed by atoms with van der Waals surface area (Å²) in [6.45, 7) is 3.38. The Kier molecular flexibility index (Phi) is 9.68.